The molecular formula is C9H12N2O3. The van der Waals surface area contributed by atoms with Gasteiger partial charge in [0.05, 0.1) is 12.0 Å². The van der Waals surface area contributed by atoms with Crippen molar-refractivity contribution in [2.45, 2.75) is 0 Å². The number of carbonyl (C=O) groups is 1. The van der Waals surface area contributed by atoms with Crippen LogP contribution in [0, 0.1) is 0 Å². The largest absolute Gasteiger partial charge is 0.475 e. The molecule has 0 amide bonds. The highest BCUT2D eigenvalue weighted by Crippen LogP contribution is 2.21. The van der Waals surface area contributed by atoms with Gasteiger partial charge in [0.25, 0.3) is 0 Å². The molecule has 0 bridgehead atoms. The maximum Gasteiger partial charge on any atom is 0.374 e. The third kappa shape index (κ3) is 1.58. The number of rotatable bonds is 2. The van der Waals surface area contributed by atoms with Crippen molar-refractivity contribution in [1.29, 1.82) is 0 Å². The summed E-state index contributed by atoms with van der Waals surface area (Å²) in [4.78, 5) is 12.8. The summed E-state index contributed by atoms with van der Waals surface area (Å²) < 4.78 is 4.92. The Hall–Kier alpha value is -1.49. The number of carboxylic acids is 1. The summed E-state index contributed by atoms with van der Waals surface area (Å²) in [6.07, 6.45) is 1.42. The Labute approximate surface area is 81.3 Å². The first-order valence-electron chi connectivity index (χ1n) is 4.55. The van der Waals surface area contributed by atoms with Crippen LogP contribution in [0.4, 0.5) is 5.69 Å². The quantitative estimate of drug-likeness (QED) is 0.716. The Kier molecular flexibility index (Phi) is 2.41. The molecular weight excluding hydrogens is 184 g/mol. The molecule has 2 rings (SSSR count). The normalized spacial score (nSPS) is 17.0. The molecule has 1 saturated heterocycles. The van der Waals surface area contributed by atoms with Gasteiger partial charge in [0, 0.05) is 32.2 Å². The smallest absolute Gasteiger partial charge is 0.374 e. The topological polar surface area (TPSA) is 65.7 Å². The summed E-state index contributed by atoms with van der Waals surface area (Å²) in [6, 6.07) is 1.70. The zero-order valence-electron chi connectivity index (χ0n) is 7.69. The van der Waals surface area contributed by atoms with Gasteiger partial charge in [-0.15, -0.1) is 0 Å². The van der Waals surface area contributed by atoms with Gasteiger partial charge in [-0.05, 0) is 0 Å². The highest BCUT2D eigenvalue weighted by atomic mass is 16.4. The van der Waals surface area contributed by atoms with Crippen molar-refractivity contribution in [3.63, 3.8) is 0 Å². The van der Waals surface area contributed by atoms with E-state index in [0.717, 1.165) is 26.2 Å². The van der Waals surface area contributed by atoms with Gasteiger partial charge in [0.1, 0.15) is 0 Å². The Morgan fingerprint density at radius 2 is 2.21 bits per heavy atom. The van der Waals surface area contributed by atoms with Crippen molar-refractivity contribution in [2.24, 2.45) is 0 Å². The van der Waals surface area contributed by atoms with E-state index < -0.39 is 5.97 Å². The minimum Gasteiger partial charge on any atom is -0.475 e. The summed E-state index contributed by atoms with van der Waals surface area (Å²) in [5.41, 5.74) is 0.680. The van der Waals surface area contributed by atoms with E-state index in [9.17, 15) is 4.79 Å². The van der Waals surface area contributed by atoms with Crippen LogP contribution >= 0.6 is 0 Å². The van der Waals surface area contributed by atoms with Gasteiger partial charge >= 0.3 is 5.97 Å². The number of hydrogen-bond acceptors (Lipinski definition) is 4. The number of nitrogens with zero attached hydrogens (tertiary/aromatic N) is 1. The molecule has 1 aliphatic rings. The predicted molar refractivity (Wildman–Crippen MR) is 50.8 cm³/mol. The van der Waals surface area contributed by atoms with Crippen LogP contribution in [0.25, 0.3) is 0 Å². The summed E-state index contributed by atoms with van der Waals surface area (Å²) in [5.74, 6) is -0.976. The number of aromatic carboxylic acids is 1. The lowest BCUT2D eigenvalue weighted by Gasteiger charge is -2.28. The van der Waals surface area contributed by atoms with Crippen molar-refractivity contribution in [2.75, 3.05) is 31.1 Å². The van der Waals surface area contributed by atoms with Crippen molar-refractivity contribution in [3.05, 3.63) is 18.1 Å². The first-order chi connectivity index (χ1) is 6.79. The fourth-order valence-corrected chi connectivity index (χ4v) is 1.62. The SMILES string of the molecule is O=C(O)c1occc1N1CCNCC1. The highest BCUT2D eigenvalue weighted by molar-refractivity contribution is 5.91. The Bertz CT molecular complexity index is 329. The Morgan fingerprint density at radius 3 is 2.86 bits per heavy atom. The molecule has 76 valence electrons. The van der Waals surface area contributed by atoms with E-state index in [-0.39, 0.29) is 5.76 Å². The molecule has 0 aliphatic carbocycles. The molecule has 0 aromatic carbocycles. The number of anilines is 1. The van der Waals surface area contributed by atoms with E-state index >= 15 is 0 Å². The second-order valence-corrected chi connectivity index (χ2v) is 3.18. The van der Waals surface area contributed by atoms with E-state index in [1.807, 2.05) is 4.90 Å². The van der Waals surface area contributed by atoms with Crippen LogP contribution in [0.5, 0.6) is 0 Å². The van der Waals surface area contributed by atoms with Crippen molar-refractivity contribution in [3.8, 4) is 0 Å². The second kappa shape index (κ2) is 3.71. The number of hydrogen-bond donors (Lipinski definition) is 2. The lowest BCUT2D eigenvalue weighted by Crippen LogP contribution is -2.43. The third-order valence-electron chi connectivity index (χ3n) is 2.30. The summed E-state index contributed by atoms with van der Waals surface area (Å²) in [5, 5.41) is 12.1. The van der Waals surface area contributed by atoms with Gasteiger partial charge in [-0.2, -0.15) is 0 Å². The van der Waals surface area contributed by atoms with Crippen molar-refractivity contribution < 1.29 is 14.3 Å². The first kappa shape index (κ1) is 9.08. The van der Waals surface area contributed by atoms with Gasteiger partial charge in [-0.3, -0.25) is 0 Å². The van der Waals surface area contributed by atoms with Crippen LogP contribution in [0.3, 0.4) is 0 Å². The van der Waals surface area contributed by atoms with Crippen LogP contribution in [0.15, 0.2) is 16.7 Å². The molecule has 2 heterocycles. The van der Waals surface area contributed by atoms with Crippen LogP contribution in [0.2, 0.25) is 0 Å². The number of furan rings is 1. The molecule has 1 fully saturated rings. The first-order valence-corrected chi connectivity index (χ1v) is 4.55. The van der Waals surface area contributed by atoms with Crippen molar-refractivity contribution >= 4 is 11.7 Å². The van der Waals surface area contributed by atoms with Crippen LogP contribution in [-0.2, 0) is 0 Å². The second-order valence-electron chi connectivity index (χ2n) is 3.18. The molecule has 0 spiro atoms. The van der Waals surface area contributed by atoms with Gasteiger partial charge < -0.3 is 19.7 Å². The molecule has 1 aromatic heterocycles. The van der Waals surface area contributed by atoms with Gasteiger partial charge in [-0.25, -0.2) is 4.79 Å². The average molecular weight is 196 g/mol. The lowest BCUT2D eigenvalue weighted by molar-refractivity contribution is 0.0663. The van der Waals surface area contributed by atoms with E-state index in [0.29, 0.717) is 5.69 Å². The third-order valence-corrected chi connectivity index (χ3v) is 2.30. The maximum absolute atomic E-state index is 10.8. The number of nitrogens with one attached hydrogen (secondary N) is 1. The lowest BCUT2D eigenvalue weighted by atomic mass is 10.3. The summed E-state index contributed by atoms with van der Waals surface area (Å²) in [7, 11) is 0. The summed E-state index contributed by atoms with van der Waals surface area (Å²) >= 11 is 0. The van der Waals surface area contributed by atoms with Crippen molar-refractivity contribution in [1.82, 2.24) is 5.32 Å². The minimum absolute atomic E-state index is 0.0342. The molecule has 5 heteroatoms. The monoisotopic (exact) mass is 196 g/mol. The van der Waals surface area contributed by atoms with Gasteiger partial charge in [0.2, 0.25) is 5.76 Å². The van der Waals surface area contributed by atoms with E-state index in [1.165, 1.54) is 6.26 Å². The van der Waals surface area contributed by atoms with E-state index in [1.54, 1.807) is 6.07 Å². The number of piperazine rings is 1. The maximum atomic E-state index is 10.8. The molecule has 0 saturated carbocycles. The van der Waals surface area contributed by atoms with E-state index in [2.05, 4.69) is 5.32 Å². The number of carboxylic acid groups (broad SMARTS) is 1. The van der Waals surface area contributed by atoms with Crippen LogP contribution < -0.4 is 10.2 Å². The van der Waals surface area contributed by atoms with E-state index in [4.69, 9.17) is 9.52 Å². The molecule has 5 nitrogen and oxygen atoms in total. The fraction of sp³-hybridized carbons (Fsp3) is 0.444. The molecule has 0 atom stereocenters. The van der Waals surface area contributed by atoms with Crippen LogP contribution in [0.1, 0.15) is 10.6 Å². The Balaban J connectivity index is 2.21. The molecule has 14 heavy (non-hydrogen) atoms. The average Bonchev–Trinajstić information content (AvgIpc) is 2.67. The standard InChI is InChI=1S/C9H12N2O3/c12-9(13)8-7(1-6-14-8)11-4-2-10-3-5-11/h1,6,10H,2-5H2,(H,12,13). The van der Waals surface area contributed by atoms with Crippen LogP contribution in [-0.4, -0.2) is 37.3 Å². The molecule has 1 aliphatic heterocycles. The minimum atomic E-state index is -1.01. The Morgan fingerprint density at radius 1 is 1.50 bits per heavy atom. The fourth-order valence-electron chi connectivity index (χ4n) is 1.62. The summed E-state index contributed by atoms with van der Waals surface area (Å²) in [6.45, 7) is 3.40. The zero-order valence-corrected chi connectivity index (χ0v) is 7.69. The zero-order chi connectivity index (χ0) is 9.97. The van der Waals surface area contributed by atoms with Gasteiger partial charge in [-0.1, -0.05) is 0 Å². The molecule has 1 aromatic rings. The predicted octanol–water partition coefficient (Wildman–Crippen LogP) is 0.387. The molecule has 0 unspecified atom stereocenters. The highest BCUT2D eigenvalue weighted by Gasteiger charge is 2.20. The molecule has 2 N–H and O–H groups in total. The molecule has 0 radical (unpaired) electrons. The van der Waals surface area contributed by atoms with Gasteiger partial charge in [0.15, 0.2) is 0 Å².